The lowest BCUT2D eigenvalue weighted by molar-refractivity contribution is -0.143. The number of ether oxygens (including phenoxy) is 2. The summed E-state index contributed by atoms with van der Waals surface area (Å²) in [6.45, 7) is 4.36. The summed E-state index contributed by atoms with van der Waals surface area (Å²) >= 11 is 1.25. The zero-order chi connectivity index (χ0) is 29.2. The highest BCUT2D eigenvalue weighted by Crippen LogP contribution is 2.39. The van der Waals surface area contributed by atoms with Gasteiger partial charge in [-0.2, -0.15) is 31.3 Å². The number of piperazine rings is 1. The first-order chi connectivity index (χ1) is 18.8. The van der Waals surface area contributed by atoms with Crippen LogP contribution in [-0.2, 0) is 23.8 Å². The molecule has 2 heterocycles. The number of carbonyl (C=O) groups is 1. The third kappa shape index (κ3) is 6.83. The van der Waals surface area contributed by atoms with Gasteiger partial charge < -0.3 is 19.3 Å². The molecule has 0 aromatic heterocycles. The SMILES string of the molecule is COc1cc(C(C)=C=C2SC(N3CCN(C)CC3)=NC2=O)ccc1OCc1ccc(C(F)(F)F)cc1C(F)(F)F. The molecule has 0 aliphatic carbocycles. The molecule has 0 atom stereocenters. The van der Waals surface area contributed by atoms with Crippen LogP contribution < -0.4 is 9.47 Å². The number of aliphatic imine (C=N–C) groups is 1. The molecule has 214 valence electrons. The van der Waals surface area contributed by atoms with E-state index in [1.54, 1.807) is 19.1 Å². The fraction of sp³-hybridized carbons (Fsp3) is 0.370. The Kier molecular flexibility index (Phi) is 8.57. The van der Waals surface area contributed by atoms with Crippen molar-refractivity contribution in [3.63, 3.8) is 0 Å². The Morgan fingerprint density at radius 3 is 2.33 bits per heavy atom. The summed E-state index contributed by atoms with van der Waals surface area (Å²) in [6.07, 6.45) is -9.92. The fourth-order valence-corrected chi connectivity index (χ4v) is 5.03. The number of benzene rings is 2. The predicted octanol–water partition coefficient (Wildman–Crippen LogP) is 6.07. The molecule has 2 aliphatic rings. The van der Waals surface area contributed by atoms with E-state index in [0.717, 1.165) is 32.2 Å². The Morgan fingerprint density at radius 1 is 1.00 bits per heavy atom. The summed E-state index contributed by atoms with van der Waals surface area (Å²) in [7, 11) is 3.37. The molecule has 0 unspecified atom stereocenters. The molecule has 1 amide bonds. The molecule has 0 spiro atoms. The Hall–Kier alpha value is -3.41. The van der Waals surface area contributed by atoms with Crippen LogP contribution in [0.2, 0.25) is 0 Å². The van der Waals surface area contributed by atoms with Crippen molar-refractivity contribution in [2.24, 2.45) is 4.99 Å². The van der Waals surface area contributed by atoms with Gasteiger partial charge in [0.2, 0.25) is 0 Å². The second kappa shape index (κ2) is 11.6. The van der Waals surface area contributed by atoms with Crippen LogP contribution in [0.3, 0.4) is 0 Å². The monoisotopic (exact) mass is 585 g/mol. The Morgan fingerprint density at radius 2 is 1.70 bits per heavy atom. The number of thioether (sulfide) groups is 1. The summed E-state index contributed by atoms with van der Waals surface area (Å²) in [5.41, 5.74) is 0.995. The van der Waals surface area contributed by atoms with Gasteiger partial charge in [0.15, 0.2) is 16.7 Å². The number of amidine groups is 1. The molecule has 0 bridgehead atoms. The lowest BCUT2D eigenvalue weighted by Gasteiger charge is -2.32. The van der Waals surface area contributed by atoms with Crippen molar-refractivity contribution in [1.82, 2.24) is 9.80 Å². The van der Waals surface area contributed by atoms with E-state index in [1.165, 1.54) is 24.9 Å². The lowest BCUT2D eigenvalue weighted by Crippen LogP contribution is -2.46. The van der Waals surface area contributed by atoms with E-state index in [0.29, 0.717) is 27.3 Å². The molecular formula is C27H25F6N3O3S. The Bertz CT molecular complexity index is 1390. The minimum Gasteiger partial charge on any atom is -0.493 e. The van der Waals surface area contributed by atoms with E-state index in [1.807, 2.05) is 7.05 Å². The van der Waals surface area contributed by atoms with Crippen molar-refractivity contribution in [2.45, 2.75) is 25.9 Å². The number of amides is 1. The van der Waals surface area contributed by atoms with Crippen LogP contribution in [0.1, 0.15) is 29.2 Å². The summed E-state index contributed by atoms with van der Waals surface area (Å²) in [5, 5.41) is 0.635. The van der Waals surface area contributed by atoms with Crippen LogP contribution in [0.15, 0.2) is 52.0 Å². The third-order valence-corrected chi connectivity index (χ3v) is 7.39. The van der Waals surface area contributed by atoms with E-state index in [2.05, 4.69) is 20.5 Å². The van der Waals surface area contributed by atoms with Gasteiger partial charge >= 0.3 is 12.4 Å². The number of alkyl halides is 6. The molecule has 2 aromatic rings. The van der Waals surface area contributed by atoms with Crippen LogP contribution in [0, 0.1) is 0 Å². The molecule has 13 heteroatoms. The number of methoxy groups -OCH3 is 1. The molecule has 40 heavy (non-hydrogen) atoms. The average Bonchev–Trinajstić information content (AvgIpc) is 3.26. The second-order valence-electron chi connectivity index (χ2n) is 9.19. The smallest absolute Gasteiger partial charge is 0.416 e. The summed E-state index contributed by atoms with van der Waals surface area (Å²) in [5.74, 6) is -0.113. The molecular weight excluding hydrogens is 560 g/mol. The van der Waals surface area contributed by atoms with Crippen LogP contribution in [-0.4, -0.2) is 61.2 Å². The zero-order valence-corrected chi connectivity index (χ0v) is 22.6. The zero-order valence-electron chi connectivity index (χ0n) is 21.7. The van der Waals surface area contributed by atoms with Crippen LogP contribution in [0.5, 0.6) is 11.5 Å². The first-order valence-electron chi connectivity index (χ1n) is 12.1. The predicted molar refractivity (Wildman–Crippen MR) is 139 cm³/mol. The lowest BCUT2D eigenvalue weighted by atomic mass is 10.0. The van der Waals surface area contributed by atoms with Crippen molar-refractivity contribution in [3.05, 3.63) is 69.3 Å². The molecule has 4 rings (SSSR count). The quantitative estimate of drug-likeness (QED) is 0.241. The van der Waals surface area contributed by atoms with Crippen molar-refractivity contribution >= 4 is 28.4 Å². The molecule has 2 aromatic carbocycles. The first kappa shape index (κ1) is 29.6. The topological polar surface area (TPSA) is 54.4 Å². The highest BCUT2D eigenvalue weighted by atomic mass is 32.2. The number of hydrogen-bond acceptors (Lipinski definition) is 6. The molecule has 2 aliphatic heterocycles. The van der Waals surface area contributed by atoms with E-state index in [9.17, 15) is 31.1 Å². The van der Waals surface area contributed by atoms with E-state index < -0.39 is 35.6 Å². The maximum atomic E-state index is 13.5. The van der Waals surface area contributed by atoms with Gasteiger partial charge in [0.1, 0.15) is 11.5 Å². The molecule has 1 saturated heterocycles. The Labute approximate surface area is 230 Å². The summed E-state index contributed by atoms with van der Waals surface area (Å²) in [4.78, 5) is 21.2. The number of halogens is 6. The van der Waals surface area contributed by atoms with Crippen LogP contribution >= 0.6 is 11.8 Å². The maximum absolute atomic E-state index is 13.5. The van der Waals surface area contributed by atoms with Gasteiger partial charge in [0.25, 0.3) is 5.91 Å². The summed E-state index contributed by atoms with van der Waals surface area (Å²) in [6, 6.07) is 6.06. The highest BCUT2D eigenvalue weighted by molar-refractivity contribution is 8.18. The fourth-order valence-electron chi connectivity index (χ4n) is 4.07. The van der Waals surface area contributed by atoms with Gasteiger partial charge in [0, 0.05) is 31.7 Å². The third-order valence-electron chi connectivity index (χ3n) is 6.38. The van der Waals surface area contributed by atoms with Gasteiger partial charge in [-0.1, -0.05) is 17.9 Å². The van der Waals surface area contributed by atoms with Gasteiger partial charge in [0.05, 0.1) is 18.2 Å². The number of nitrogens with zero attached hydrogens (tertiary/aromatic N) is 3. The van der Waals surface area contributed by atoms with Crippen molar-refractivity contribution < 1.29 is 40.6 Å². The standard InChI is InChI=1S/C27H25F6N3O3S/c1-16(12-23-24(37)34-25(40-23)36-10-8-35(2)9-11-36)17-5-7-21(22(13-17)38-3)39-15-18-4-6-19(26(28,29)30)14-20(18)27(31,32)33/h4-7,13-14H,8-11,15H2,1-3H3. The summed E-state index contributed by atoms with van der Waals surface area (Å²) < 4.78 is 90.1. The molecule has 6 nitrogen and oxygen atoms in total. The second-order valence-corrected chi connectivity index (χ2v) is 10.2. The number of carbonyl (C=O) groups excluding carboxylic acids is 1. The van der Waals surface area contributed by atoms with E-state index in [-0.39, 0.29) is 23.5 Å². The number of hydrogen-bond donors (Lipinski definition) is 0. The minimum atomic E-state index is -5.01. The van der Waals surface area contributed by atoms with Gasteiger partial charge in [-0.25, -0.2) is 0 Å². The molecule has 1 fully saturated rings. The number of likely N-dealkylation sites (N-methyl/N-ethyl adjacent to an activating group) is 1. The highest BCUT2D eigenvalue weighted by Gasteiger charge is 2.38. The van der Waals surface area contributed by atoms with Crippen molar-refractivity contribution in [3.8, 4) is 11.5 Å². The molecule has 0 radical (unpaired) electrons. The largest absolute Gasteiger partial charge is 0.493 e. The van der Waals surface area contributed by atoms with Crippen LogP contribution in [0.25, 0.3) is 5.57 Å². The minimum absolute atomic E-state index is 0.0713. The van der Waals surface area contributed by atoms with Gasteiger partial charge in [-0.05, 0) is 61.1 Å². The number of rotatable bonds is 5. The average molecular weight is 586 g/mol. The van der Waals surface area contributed by atoms with Crippen molar-refractivity contribution in [1.29, 1.82) is 0 Å². The van der Waals surface area contributed by atoms with E-state index >= 15 is 0 Å². The molecule has 0 saturated carbocycles. The van der Waals surface area contributed by atoms with E-state index in [4.69, 9.17) is 9.47 Å². The van der Waals surface area contributed by atoms with Crippen molar-refractivity contribution in [2.75, 3.05) is 40.3 Å². The maximum Gasteiger partial charge on any atom is 0.416 e. The first-order valence-corrected chi connectivity index (χ1v) is 12.9. The van der Waals surface area contributed by atoms with Gasteiger partial charge in [-0.3, -0.25) is 4.79 Å². The van der Waals surface area contributed by atoms with Crippen LogP contribution in [0.4, 0.5) is 26.3 Å². The normalized spacial score (nSPS) is 16.6. The molecule has 0 N–H and O–H groups in total. The Balaban J connectivity index is 1.52. The van der Waals surface area contributed by atoms with Gasteiger partial charge in [-0.15, -0.1) is 0 Å².